The Morgan fingerprint density at radius 3 is 2.72 bits per heavy atom. The molecule has 1 saturated carbocycles. The Kier molecular flexibility index (Phi) is 4.78. The minimum Gasteiger partial charge on any atom is -0.349 e. The maximum atomic E-state index is 6.68. The molecule has 8 nitrogen and oxygen atoms in total. The molecule has 0 bridgehead atoms. The van der Waals surface area contributed by atoms with Crippen LogP contribution < -0.4 is 5.73 Å². The van der Waals surface area contributed by atoms with E-state index >= 15 is 0 Å². The fourth-order valence-corrected chi connectivity index (χ4v) is 5.12. The summed E-state index contributed by atoms with van der Waals surface area (Å²) in [5, 5.41) is 0. The van der Waals surface area contributed by atoms with E-state index in [2.05, 4.69) is 30.9 Å². The van der Waals surface area contributed by atoms with Gasteiger partial charge in [-0.3, -0.25) is 4.57 Å². The minimum atomic E-state index is -0.657. The first-order chi connectivity index (χ1) is 13.9. The van der Waals surface area contributed by atoms with Gasteiger partial charge in [-0.1, -0.05) is 34.8 Å². The van der Waals surface area contributed by atoms with Crippen molar-refractivity contribution in [2.75, 3.05) is 0 Å². The summed E-state index contributed by atoms with van der Waals surface area (Å²) in [5.41, 5.74) is 8.55. The minimum absolute atomic E-state index is 0.116. The van der Waals surface area contributed by atoms with Crippen molar-refractivity contribution in [2.24, 2.45) is 5.73 Å². The van der Waals surface area contributed by atoms with Crippen molar-refractivity contribution in [3.63, 3.8) is 0 Å². The summed E-state index contributed by atoms with van der Waals surface area (Å²) in [6, 6.07) is 0. The van der Waals surface area contributed by atoms with Crippen molar-refractivity contribution < 1.29 is 14.2 Å². The molecule has 3 aliphatic rings. The van der Waals surface area contributed by atoms with E-state index in [4.69, 9.17) is 19.9 Å². The van der Waals surface area contributed by atoms with Crippen LogP contribution in [0.4, 0.5) is 0 Å². The number of imidazole rings is 1. The molecule has 1 unspecified atom stereocenters. The van der Waals surface area contributed by atoms with Gasteiger partial charge >= 0.3 is 0 Å². The normalized spacial score (nSPS) is 33.1. The predicted molar refractivity (Wildman–Crippen MR) is 110 cm³/mol. The lowest BCUT2D eigenvalue weighted by molar-refractivity contribution is -0.195. The molecule has 2 aromatic rings. The zero-order valence-electron chi connectivity index (χ0n) is 16.6. The first-order valence-electron chi connectivity index (χ1n) is 10.2. The third-order valence-corrected chi connectivity index (χ3v) is 6.56. The van der Waals surface area contributed by atoms with Crippen LogP contribution in [-0.4, -0.2) is 43.6 Å². The molecule has 9 heteroatoms. The van der Waals surface area contributed by atoms with Crippen molar-refractivity contribution in [3.05, 3.63) is 29.4 Å². The van der Waals surface area contributed by atoms with Gasteiger partial charge in [-0.15, -0.1) is 0 Å². The van der Waals surface area contributed by atoms with Crippen molar-refractivity contribution in [1.29, 1.82) is 0 Å². The lowest BCUT2D eigenvalue weighted by Gasteiger charge is -2.25. The summed E-state index contributed by atoms with van der Waals surface area (Å²) in [6.07, 6.45) is 9.26. The quantitative estimate of drug-likeness (QED) is 0.742. The number of rotatable bonds is 4. The van der Waals surface area contributed by atoms with Crippen LogP contribution in [0.3, 0.4) is 0 Å². The van der Waals surface area contributed by atoms with Crippen LogP contribution in [0.25, 0.3) is 11.2 Å². The Morgan fingerprint density at radius 1 is 1.21 bits per heavy atom. The molecule has 5 rings (SSSR count). The summed E-state index contributed by atoms with van der Waals surface area (Å²) >= 11 is 3.33. The Morgan fingerprint density at radius 2 is 1.97 bits per heavy atom. The molecule has 0 amide bonds. The van der Waals surface area contributed by atoms with Crippen LogP contribution in [0.15, 0.2) is 23.7 Å². The lowest BCUT2D eigenvalue weighted by Crippen LogP contribution is -2.34. The number of nitrogens with zero attached hydrogens (tertiary/aromatic N) is 4. The van der Waals surface area contributed by atoms with Crippen LogP contribution in [0.1, 0.15) is 57.9 Å². The average molecular weight is 464 g/mol. The maximum absolute atomic E-state index is 6.68. The first kappa shape index (κ1) is 19.6. The summed E-state index contributed by atoms with van der Waals surface area (Å²) in [6.45, 7) is 3.87. The highest BCUT2D eigenvalue weighted by Crippen LogP contribution is 2.45. The van der Waals surface area contributed by atoms with Gasteiger partial charge in [0.1, 0.15) is 24.1 Å². The maximum Gasteiger partial charge on any atom is 0.166 e. The van der Waals surface area contributed by atoms with E-state index in [-0.39, 0.29) is 24.5 Å². The molecule has 2 aliphatic heterocycles. The zero-order chi connectivity index (χ0) is 20.2. The second-order valence-corrected chi connectivity index (χ2v) is 9.17. The van der Waals surface area contributed by atoms with E-state index in [9.17, 15) is 0 Å². The number of nitrogens with two attached hydrogens (primary N) is 1. The van der Waals surface area contributed by atoms with E-state index in [0.717, 1.165) is 49.0 Å². The van der Waals surface area contributed by atoms with Gasteiger partial charge < -0.3 is 19.9 Å². The van der Waals surface area contributed by atoms with Crippen molar-refractivity contribution in [3.8, 4) is 0 Å². The average Bonchev–Trinajstić information content (AvgIpc) is 3.43. The Balaban J connectivity index is 1.53. The highest BCUT2D eigenvalue weighted by Gasteiger charge is 2.55. The van der Waals surface area contributed by atoms with Crippen LogP contribution in [0, 0.1) is 0 Å². The SMILES string of the molecule is CC1(C)OC2[C@H](n3cnc4c(C5(N)CCCC5)ncnc43)O[C@H](CC=CBr)[C@H]2O1. The zero-order valence-corrected chi connectivity index (χ0v) is 18.2. The fraction of sp³-hybridized carbons (Fsp3) is 0.650. The molecular weight excluding hydrogens is 438 g/mol. The second kappa shape index (κ2) is 7.09. The molecule has 2 aromatic heterocycles. The molecular formula is C20H26BrN5O3. The summed E-state index contributed by atoms with van der Waals surface area (Å²) in [5.74, 6) is -0.657. The molecule has 2 saturated heterocycles. The third kappa shape index (κ3) is 3.23. The van der Waals surface area contributed by atoms with Gasteiger partial charge in [0.2, 0.25) is 0 Å². The first-order valence-corrected chi connectivity index (χ1v) is 11.1. The predicted octanol–water partition coefficient (Wildman–Crippen LogP) is 3.27. The number of hydrogen-bond acceptors (Lipinski definition) is 7. The van der Waals surface area contributed by atoms with Crippen LogP contribution in [-0.2, 0) is 19.7 Å². The summed E-state index contributed by atoms with van der Waals surface area (Å²) in [7, 11) is 0. The lowest BCUT2D eigenvalue weighted by atomic mass is 9.94. The number of halogens is 1. The standard InChI is InChI=1S/C20H26BrN5O3/c1-19(2)28-14-12(6-5-9-21)27-18(15(14)29-19)26-11-25-13-16(23-10-24-17(13)26)20(22)7-3-4-8-20/h5,9-12,14-15,18H,3-4,6-8,22H2,1-2H3/t12-,14-,15?,18-/m1/s1. The molecule has 1 aliphatic carbocycles. The third-order valence-electron chi connectivity index (χ3n) is 6.18. The van der Waals surface area contributed by atoms with Gasteiger partial charge in [0, 0.05) is 0 Å². The largest absolute Gasteiger partial charge is 0.349 e. The van der Waals surface area contributed by atoms with Crippen molar-refractivity contribution in [1.82, 2.24) is 19.5 Å². The molecule has 4 heterocycles. The molecule has 156 valence electrons. The topological polar surface area (TPSA) is 97.3 Å². The molecule has 0 spiro atoms. The second-order valence-electron chi connectivity index (χ2n) is 8.64. The molecule has 0 radical (unpaired) electrons. The highest BCUT2D eigenvalue weighted by molar-refractivity contribution is 9.11. The van der Waals surface area contributed by atoms with E-state index < -0.39 is 11.3 Å². The van der Waals surface area contributed by atoms with Gasteiger partial charge in [0.15, 0.2) is 17.7 Å². The van der Waals surface area contributed by atoms with Gasteiger partial charge in [-0.2, -0.15) is 0 Å². The number of hydrogen-bond donors (Lipinski definition) is 1. The van der Waals surface area contributed by atoms with Gasteiger partial charge in [0.25, 0.3) is 0 Å². The fourth-order valence-electron chi connectivity index (χ4n) is 4.90. The van der Waals surface area contributed by atoms with Crippen LogP contribution in [0.2, 0.25) is 0 Å². The summed E-state index contributed by atoms with van der Waals surface area (Å²) in [4.78, 5) is 15.5. The Bertz CT molecular complexity index is 939. The van der Waals surface area contributed by atoms with Crippen LogP contribution >= 0.6 is 15.9 Å². The highest BCUT2D eigenvalue weighted by atomic mass is 79.9. The molecule has 0 aromatic carbocycles. The van der Waals surface area contributed by atoms with Crippen molar-refractivity contribution in [2.45, 2.75) is 81.8 Å². The van der Waals surface area contributed by atoms with Gasteiger partial charge in [-0.25, -0.2) is 15.0 Å². The van der Waals surface area contributed by atoms with Crippen LogP contribution in [0.5, 0.6) is 0 Å². The monoisotopic (exact) mass is 463 g/mol. The molecule has 3 fully saturated rings. The molecule has 2 N–H and O–H groups in total. The smallest absolute Gasteiger partial charge is 0.166 e. The summed E-state index contributed by atoms with van der Waals surface area (Å²) < 4.78 is 20.7. The van der Waals surface area contributed by atoms with E-state index in [1.165, 1.54) is 0 Å². The van der Waals surface area contributed by atoms with E-state index in [0.29, 0.717) is 0 Å². The number of ether oxygens (including phenoxy) is 3. The Hall–Kier alpha value is -1.39. The molecule has 29 heavy (non-hydrogen) atoms. The number of fused-ring (bicyclic) bond motifs is 2. The van der Waals surface area contributed by atoms with Crippen molar-refractivity contribution >= 4 is 27.1 Å². The molecule has 4 atom stereocenters. The van der Waals surface area contributed by atoms with Gasteiger partial charge in [0.05, 0.1) is 23.7 Å². The van der Waals surface area contributed by atoms with Gasteiger partial charge in [-0.05, 0) is 38.1 Å². The van der Waals surface area contributed by atoms with E-state index in [1.54, 1.807) is 12.7 Å². The number of aromatic nitrogens is 4. The van der Waals surface area contributed by atoms with E-state index in [1.807, 2.05) is 29.5 Å². The Labute approximate surface area is 178 Å².